The highest BCUT2D eigenvalue weighted by molar-refractivity contribution is 7.99. The number of hydrogen-bond donors (Lipinski definition) is 1. The Labute approximate surface area is 172 Å². The van der Waals surface area contributed by atoms with Crippen LogP contribution in [0.25, 0.3) is 11.4 Å². The maximum atomic E-state index is 13.6. The third-order valence-corrected chi connectivity index (χ3v) is 5.27. The molecule has 0 unspecified atom stereocenters. The Morgan fingerprint density at radius 2 is 1.96 bits per heavy atom. The Kier molecular flexibility index (Phi) is 6.70. The van der Waals surface area contributed by atoms with Gasteiger partial charge >= 0.3 is 0 Å². The first kappa shape index (κ1) is 20.4. The maximum absolute atomic E-state index is 13.6. The van der Waals surface area contributed by atoms with Crippen LogP contribution in [0.2, 0.25) is 5.02 Å². The molecule has 0 saturated heterocycles. The summed E-state index contributed by atoms with van der Waals surface area (Å²) < 4.78 is 15.6. The molecule has 0 atom stereocenters. The molecule has 1 aromatic heterocycles. The van der Waals surface area contributed by atoms with Crippen molar-refractivity contribution in [2.75, 3.05) is 11.1 Å². The summed E-state index contributed by atoms with van der Waals surface area (Å²) in [5.41, 5.74) is 1.89. The van der Waals surface area contributed by atoms with Crippen LogP contribution in [0.4, 0.5) is 10.1 Å². The molecule has 0 saturated carbocycles. The molecule has 1 amide bonds. The predicted octanol–water partition coefficient (Wildman–Crippen LogP) is 5.19. The van der Waals surface area contributed by atoms with E-state index in [9.17, 15) is 9.18 Å². The second-order valence-corrected chi connectivity index (χ2v) is 7.64. The maximum Gasteiger partial charge on any atom is 0.234 e. The third kappa shape index (κ3) is 4.91. The van der Waals surface area contributed by atoms with Crippen LogP contribution in [0.15, 0.2) is 47.6 Å². The Morgan fingerprint density at radius 1 is 1.21 bits per heavy atom. The van der Waals surface area contributed by atoms with E-state index in [4.69, 9.17) is 11.6 Å². The molecule has 1 N–H and O–H groups in total. The molecule has 3 aromatic rings. The molecule has 0 aliphatic carbocycles. The van der Waals surface area contributed by atoms with Gasteiger partial charge in [0.05, 0.1) is 5.75 Å². The number of carbonyl (C=O) groups is 1. The van der Waals surface area contributed by atoms with Gasteiger partial charge in [-0.05, 0) is 55.3 Å². The summed E-state index contributed by atoms with van der Waals surface area (Å²) in [7, 11) is 0. The number of hydrogen-bond acceptors (Lipinski definition) is 4. The lowest BCUT2D eigenvalue weighted by molar-refractivity contribution is -0.113. The zero-order chi connectivity index (χ0) is 20.1. The van der Waals surface area contributed by atoms with Crippen molar-refractivity contribution in [1.82, 2.24) is 14.8 Å². The van der Waals surface area contributed by atoms with E-state index in [0.717, 1.165) is 24.4 Å². The first-order valence-electron chi connectivity index (χ1n) is 8.86. The molecular formula is C20H20ClFN4OS. The zero-order valence-electron chi connectivity index (χ0n) is 15.6. The van der Waals surface area contributed by atoms with Gasteiger partial charge in [-0.1, -0.05) is 36.4 Å². The molecule has 146 valence electrons. The Balaban J connectivity index is 1.70. The second-order valence-electron chi connectivity index (χ2n) is 6.27. The number of anilines is 1. The second kappa shape index (κ2) is 9.21. The first-order chi connectivity index (χ1) is 13.5. The number of aromatic nitrogens is 3. The van der Waals surface area contributed by atoms with Gasteiger partial charge in [0.2, 0.25) is 5.91 Å². The van der Waals surface area contributed by atoms with Crippen LogP contribution in [0.3, 0.4) is 0 Å². The van der Waals surface area contributed by atoms with Crippen LogP contribution >= 0.6 is 23.4 Å². The number of benzene rings is 2. The minimum atomic E-state index is -0.347. The number of halogens is 2. The Bertz CT molecular complexity index is 975. The van der Waals surface area contributed by atoms with Crippen LogP contribution in [0, 0.1) is 12.7 Å². The van der Waals surface area contributed by atoms with Gasteiger partial charge in [0.1, 0.15) is 5.82 Å². The van der Waals surface area contributed by atoms with Gasteiger partial charge in [-0.3, -0.25) is 4.79 Å². The molecule has 1 heterocycles. The Hall–Kier alpha value is -2.38. The summed E-state index contributed by atoms with van der Waals surface area (Å²) in [4.78, 5) is 12.2. The average Bonchev–Trinajstić information content (AvgIpc) is 3.07. The largest absolute Gasteiger partial charge is 0.325 e. The summed E-state index contributed by atoms with van der Waals surface area (Å²) in [5, 5.41) is 12.6. The minimum absolute atomic E-state index is 0.151. The lowest BCUT2D eigenvalue weighted by atomic mass is 10.2. The van der Waals surface area contributed by atoms with Crippen molar-refractivity contribution in [2.45, 2.75) is 32.0 Å². The van der Waals surface area contributed by atoms with Crippen molar-refractivity contribution in [3.05, 3.63) is 58.9 Å². The van der Waals surface area contributed by atoms with Gasteiger partial charge in [0, 0.05) is 22.8 Å². The van der Waals surface area contributed by atoms with Crippen LogP contribution in [0.1, 0.15) is 18.9 Å². The normalized spacial score (nSPS) is 10.9. The molecule has 28 heavy (non-hydrogen) atoms. The Morgan fingerprint density at radius 3 is 2.64 bits per heavy atom. The highest BCUT2D eigenvalue weighted by Gasteiger charge is 2.15. The van der Waals surface area contributed by atoms with Crippen LogP contribution < -0.4 is 5.32 Å². The van der Waals surface area contributed by atoms with Crippen molar-refractivity contribution < 1.29 is 9.18 Å². The van der Waals surface area contributed by atoms with Crippen molar-refractivity contribution in [2.24, 2.45) is 0 Å². The van der Waals surface area contributed by atoms with E-state index in [1.807, 2.05) is 28.8 Å². The molecular weight excluding hydrogens is 399 g/mol. The molecule has 0 bridgehead atoms. The fourth-order valence-corrected chi connectivity index (χ4v) is 3.52. The number of thioether (sulfide) groups is 1. The molecule has 0 aliphatic rings. The van der Waals surface area contributed by atoms with Crippen molar-refractivity contribution >= 4 is 35.0 Å². The molecule has 8 heteroatoms. The number of aryl methyl sites for hydroxylation is 1. The van der Waals surface area contributed by atoms with Crippen LogP contribution in [-0.2, 0) is 11.3 Å². The highest BCUT2D eigenvalue weighted by Crippen LogP contribution is 2.25. The van der Waals surface area contributed by atoms with Crippen LogP contribution in [0.5, 0.6) is 0 Å². The zero-order valence-corrected chi connectivity index (χ0v) is 17.1. The molecule has 0 spiro atoms. The molecule has 0 fully saturated rings. The number of nitrogens with one attached hydrogen (secondary N) is 1. The lowest BCUT2D eigenvalue weighted by Gasteiger charge is -2.09. The van der Waals surface area contributed by atoms with E-state index in [0.29, 0.717) is 21.4 Å². The quantitative estimate of drug-likeness (QED) is 0.536. The topological polar surface area (TPSA) is 59.8 Å². The van der Waals surface area contributed by atoms with E-state index in [1.54, 1.807) is 19.1 Å². The molecule has 2 aromatic carbocycles. The van der Waals surface area contributed by atoms with E-state index in [2.05, 4.69) is 22.4 Å². The van der Waals surface area contributed by atoms with Gasteiger partial charge in [-0.2, -0.15) is 0 Å². The number of nitrogens with zero attached hydrogens (tertiary/aromatic N) is 3. The summed E-state index contributed by atoms with van der Waals surface area (Å²) in [6, 6.07) is 12.0. The lowest BCUT2D eigenvalue weighted by Crippen LogP contribution is -2.15. The number of carbonyl (C=O) groups excluding carboxylic acids is 1. The van der Waals surface area contributed by atoms with Crippen LogP contribution in [-0.4, -0.2) is 26.4 Å². The predicted molar refractivity (Wildman–Crippen MR) is 111 cm³/mol. The number of rotatable bonds is 7. The SMILES string of the molecule is CCCn1c(SCC(=O)Nc2ccc(C)c(F)c2)nnc1-c1ccc(Cl)cc1. The summed E-state index contributed by atoms with van der Waals surface area (Å²) in [5.74, 6) is 0.313. The summed E-state index contributed by atoms with van der Waals surface area (Å²) in [6.45, 7) is 4.48. The minimum Gasteiger partial charge on any atom is -0.325 e. The van der Waals surface area contributed by atoms with Crippen molar-refractivity contribution in [3.8, 4) is 11.4 Å². The van der Waals surface area contributed by atoms with E-state index in [1.165, 1.54) is 17.8 Å². The molecule has 3 rings (SSSR count). The fourth-order valence-electron chi connectivity index (χ4n) is 2.63. The molecule has 5 nitrogen and oxygen atoms in total. The van der Waals surface area contributed by atoms with Gasteiger partial charge < -0.3 is 9.88 Å². The van der Waals surface area contributed by atoms with Crippen molar-refractivity contribution in [3.63, 3.8) is 0 Å². The van der Waals surface area contributed by atoms with Gasteiger partial charge in [0.15, 0.2) is 11.0 Å². The van der Waals surface area contributed by atoms with Crippen molar-refractivity contribution in [1.29, 1.82) is 0 Å². The number of amides is 1. The fraction of sp³-hybridized carbons (Fsp3) is 0.250. The summed E-state index contributed by atoms with van der Waals surface area (Å²) >= 11 is 7.26. The smallest absolute Gasteiger partial charge is 0.234 e. The summed E-state index contributed by atoms with van der Waals surface area (Å²) in [6.07, 6.45) is 0.904. The van der Waals surface area contributed by atoms with Gasteiger partial charge in [0.25, 0.3) is 0 Å². The van der Waals surface area contributed by atoms with E-state index < -0.39 is 0 Å². The first-order valence-corrected chi connectivity index (χ1v) is 10.2. The highest BCUT2D eigenvalue weighted by atomic mass is 35.5. The molecule has 0 aliphatic heterocycles. The third-order valence-electron chi connectivity index (χ3n) is 4.05. The van der Waals surface area contributed by atoms with E-state index >= 15 is 0 Å². The van der Waals surface area contributed by atoms with Gasteiger partial charge in [-0.15, -0.1) is 10.2 Å². The molecule has 0 radical (unpaired) electrons. The standard InChI is InChI=1S/C20H20ClFN4OS/c1-3-10-26-19(14-5-7-15(21)8-6-14)24-25-20(26)28-12-18(27)23-16-9-4-13(2)17(22)11-16/h4-9,11H,3,10,12H2,1-2H3,(H,23,27). The monoisotopic (exact) mass is 418 g/mol. The van der Waals surface area contributed by atoms with E-state index in [-0.39, 0.29) is 17.5 Å². The average molecular weight is 419 g/mol. The van der Waals surface area contributed by atoms with Gasteiger partial charge in [-0.25, -0.2) is 4.39 Å².